The van der Waals surface area contributed by atoms with Crippen molar-refractivity contribution >= 4 is 5.69 Å². The van der Waals surface area contributed by atoms with Crippen LogP contribution in [0.15, 0.2) is 36.8 Å². The SMILES string of the molecule is CCN(c1ccccc1F)C(CN)c1cncn1C1CC1. The number of anilines is 1. The second-order valence-corrected chi connectivity index (χ2v) is 5.45. The van der Waals surface area contributed by atoms with Gasteiger partial charge in [-0.15, -0.1) is 0 Å². The van der Waals surface area contributed by atoms with Crippen molar-refractivity contribution in [2.45, 2.75) is 31.8 Å². The molecule has 1 aliphatic rings. The quantitative estimate of drug-likeness (QED) is 0.889. The van der Waals surface area contributed by atoms with Gasteiger partial charge in [0.25, 0.3) is 0 Å². The zero-order chi connectivity index (χ0) is 14.8. The van der Waals surface area contributed by atoms with Gasteiger partial charge in [0.1, 0.15) is 5.82 Å². The molecule has 5 heteroatoms. The third-order valence-corrected chi connectivity index (χ3v) is 4.08. The molecular weight excluding hydrogens is 267 g/mol. The van der Waals surface area contributed by atoms with E-state index in [1.54, 1.807) is 12.1 Å². The van der Waals surface area contributed by atoms with Gasteiger partial charge in [-0.1, -0.05) is 12.1 Å². The fourth-order valence-corrected chi connectivity index (χ4v) is 2.88. The first kappa shape index (κ1) is 14.1. The van der Waals surface area contributed by atoms with E-state index in [1.165, 1.54) is 18.9 Å². The van der Waals surface area contributed by atoms with Crippen LogP contribution in [0.2, 0.25) is 0 Å². The van der Waals surface area contributed by atoms with Gasteiger partial charge < -0.3 is 15.2 Å². The zero-order valence-corrected chi connectivity index (χ0v) is 12.2. The van der Waals surface area contributed by atoms with Crippen LogP contribution in [0.4, 0.5) is 10.1 Å². The smallest absolute Gasteiger partial charge is 0.146 e. The summed E-state index contributed by atoms with van der Waals surface area (Å²) in [5.41, 5.74) is 7.68. The minimum absolute atomic E-state index is 0.0602. The molecule has 112 valence electrons. The monoisotopic (exact) mass is 288 g/mol. The summed E-state index contributed by atoms with van der Waals surface area (Å²) in [7, 11) is 0. The highest BCUT2D eigenvalue weighted by atomic mass is 19.1. The predicted octanol–water partition coefficient (Wildman–Crippen LogP) is 2.88. The van der Waals surface area contributed by atoms with Crippen LogP contribution < -0.4 is 10.6 Å². The van der Waals surface area contributed by atoms with Crippen LogP contribution in [-0.4, -0.2) is 22.6 Å². The average molecular weight is 288 g/mol. The third kappa shape index (κ3) is 2.65. The first-order chi connectivity index (χ1) is 10.3. The summed E-state index contributed by atoms with van der Waals surface area (Å²) in [5, 5.41) is 0. The Balaban J connectivity index is 1.97. The van der Waals surface area contributed by atoms with Gasteiger partial charge in [0.2, 0.25) is 0 Å². The molecule has 1 atom stereocenters. The first-order valence-electron chi connectivity index (χ1n) is 7.49. The fourth-order valence-electron chi connectivity index (χ4n) is 2.88. The lowest BCUT2D eigenvalue weighted by Gasteiger charge is -2.32. The molecule has 1 aliphatic carbocycles. The lowest BCUT2D eigenvalue weighted by molar-refractivity contribution is 0.555. The number of rotatable bonds is 6. The maximum atomic E-state index is 14.1. The van der Waals surface area contributed by atoms with E-state index >= 15 is 0 Å². The van der Waals surface area contributed by atoms with Crippen LogP contribution in [0.3, 0.4) is 0 Å². The maximum Gasteiger partial charge on any atom is 0.146 e. The molecule has 1 aromatic heterocycles. The maximum absolute atomic E-state index is 14.1. The number of likely N-dealkylation sites (N-methyl/N-ethyl adjacent to an activating group) is 1. The van der Waals surface area contributed by atoms with Crippen molar-refractivity contribution in [3.63, 3.8) is 0 Å². The zero-order valence-electron chi connectivity index (χ0n) is 12.2. The number of nitrogens with zero attached hydrogens (tertiary/aromatic N) is 3. The topological polar surface area (TPSA) is 47.1 Å². The second kappa shape index (κ2) is 5.85. The van der Waals surface area contributed by atoms with Crippen LogP contribution in [0.5, 0.6) is 0 Å². The second-order valence-electron chi connectivity index (χ2n) is 5.45. The molecule has 0 aliphatic heterocycles. The minimum atomic E-state index is -0.213. The molecule has 0 amide bonds. The van der Waals surface area contributed by atoms with Crippen molar-refractivity contribution in [1.29, 1.82) is 0 Å². The Morgan fingerprint density at radius 1 is 1.43 bits per heavy atom. The van der Waals surface area contributed by atoms with Crippen molar-refractivity contribution in [3.05, 3.63) is 48.3 Å². The number of halogens is 1. The normalized spacial score (nSPS) is 16.0. The largest absolute Gasteiger partial charge is 0.360 e. The predicted molar refractivity (Wildman–Crippen MR) is 81.7 cm³/mol. The molecule has 1 unspecified atom stereocenters. The molecule has 2 aromatic rings. The van der Waals surface area contributed by atoms with E-state index in [4.69, 9.17) is 5.73 Å². The van der Waals surface area contributed by atoms with Crippen LogP contribution in [0, 0.1) is 5.82 Å². The Hall–Kier alpha value is -1.88. The van der Waals surface area contributed by atoms with Gasteiger partial charge in [-0.05, 0) is 31.9 Å². The summed E-state index contributed by atoms with van der Waals surface area (Å²) in [5.74, 6) is -0.213. The van der Waals surface area contributed by atoms with Crippen molar-refractivity contribution in [3.8, 4) is 0 Å². The summed E-state index contributed by atoms with van der Waals surface area (Å²) < 4.78 is 16.3. The lowest BCUT2D eigenvalue weighted by atomic mass is 10.1. The number of nitrogens with two attached hydrogens (primary N) is 1. The number of hydrogen-bond acceptors (Lipinski definition) is 3. The van der Waals surface area contributed by atoms with E-state index in [1.807, 2.05) is 30.4 Å². The van der Waals surface area contributed by atoms with Crippen molar-refractivity contribution < 1.29 is 4.39 Å². The van der Waals surface area contributed by atoms with Gasteiger partial charge in [-0.25, -0.2) is 9.37 Å². The highest BCUT2D eigenvalue weighted by molar-refractivity contribution is 5.49. The average Bonchev–Trinajstić information content (AvgIpc) is 3.24. The number of para-hydroxylation sites is 1. The molecule has 3 rings (SSSR count). The molecule has 1 fully saturated rings. The summed E-state index contributed by atoms with van der Waals surface area (Å²) >= 11 is 0. The van der Waals surface area contributed by atoms with E-state index in [2.05, 4.69) is 9.55 Å². The molecule has 1 heterocycles. The van der Waals surface area contributed by atoms with Gasteiger partial charge in [-0.2, -0.15) is 0 Å². The third-order valence-electron chi connectivity index (χ3n) is 4.08. The van der Waals surface area contributed by atoms with Crippen molar-refractivity contribution in [1.82, 2.24) is 9.55 Å². The molecule has 0 spiro atoms. The van der Waals surface area contributed by atoms with E-state index in [0.717, 1.165) is 5.69 Å². The van der Waals surface area contributed by atoms with Crippen LogP contribution in [0.25, 0.3) is 0 Å². The van der Waals surface area contributed by atoms with E-state index in [9.17, 15) is 4.39 Å². The lowest BCUT2D eigenvalue weighted by Crippen LogP contribution is -2.35. The summed E-state index contributed by atoms with van der Waals surface area (Å²) in [6.45, 7) is 3.15. The van der Waals surface area contributed by atoms with Gasteiger partial charge in [-0.3, -0.25) is 0 Å². The Labute approximate surface area is 124 Å². The molecule has 0 saturated heterocycles. The highest BCUT2D eigenvalue weighted by Gasteiger charge is 2.30. The Kier molecular flexibility index (Phi) is 3.92. The van der Waals surface area contributed by atoms with Crippen molar-refractivity contribution in [2.75, 3.05) is 18.0 Å². The molecule has 1 saturated carbocycles. The van der Waals surface area contributed by atoms with Crippen LogP contribution in [0.1, 0.15) is 37.5 Å². The number of benzene rings is 1. The van der Waals surface area contributed by atoms with Gasteiger partial charge >= 0.3 is 0 Å². The van der Waals surface area contributed by atoms with Crippen LogP contribution >= 0.6 is 0 Å². The fraction of sp³-hybridized carbons (Fsp3) is 0.438. The number of hydrogen-bond donors (Lipinski definition) is 1. The molecule has 0 bridgehead atoms. The number of imidazole rings is 1. The van der Waals surface area contributed by atoms with E-state index < -0.39 is 0 Å². The molecule has 4 nitrogen and oxygen atoms in total. The Morgan fingerprint density at radius 3 is 2.81 bits per heavy atom. The van der Waals surface area contributed by atoms with Crippen molar-refractivity contribution in [2.24, 2.45) is 5.73 Å². The highest BCUT2D eigenvalue weighted by Crippen LogP contribution is 2.38. The summed E-state index contributed by atoms with van der Waals surface area (Å²) in [4.78, 5) is 6.29. The standard InChI is InChI=1S/C16H21FN4/c1-2-20(14-6-4-3-5-13(14)17)15(9-18)16-10-19-11-21(16)12-7-8-12/h3-6,10-12,15H,2,7-9,18H2,1H3. The van der Waals surface area contributed by atoms with Gasteiger partial charge in [0.05, 0.1) is 29.9 Å². The summed E-state index contributed by atoms with van der Waals surface area (Å²) in [6, 6.07) is 7.33. The summed E-state index contributed by atoms with van der Waals surface area (Å²) in [6.07, 6.45) is 6.10. The first-order valence-corrected chi connectivity index (χ1v) is 7.49. The molecular formula is C16H21FN4. The molecule has 0 radical (unpaired) electrons. The van der Waals surface area contributed by atoms with Gasteiger partial charge in [0.15, 0.2) is 0 Å². The van der Waals surface area contributed by atoms with Crippen LogP contribution in [-0.2, 0) is 0 Å². The Morgan fingerprint density at radius 2 is 2.19 bits per heavy atom. The molecule has 1 aromatic carbocycles. The molecule has 2 N–H and O–H groups in total. The minimum Gasteiger partial charge on any atom is -0.360 e. The Bertz CT molecular complexity index is 606. The van der Waals surface area contributed by atoms with E-state index in [-0.39, 0.29) is 11.9 Å². The van der Waals surface area contributed by atoms with Gasteiger partial charge in [0, 0.05) is 19.1 Å². The van der Waals surface area contributed by atoms with E-state index in [0.29, 0.717) is 24.8 Å². The number of aromatic nitrogens is 2. The molecule has 21 heavy (non-hydrogen) atoms.